The van der Waals surface area contributed by atoms with Gasteiger partial charge in [0.05, 0.1) is 0 Å². The topological polar surface area (TPSA) is 89.5 Å². The number of benzene rings is 1. The molecule has 9 heteroatoms. The number of carbonyl (C=O) groups excluding carboxylic acids is 2. The Morgan fingerprint density at radius 2 is 1.95 bits per heavy atom. The fourth-order valence-electron chi connectivity index (χ4n) is 1.43. The molecule has 0 heterocycles. The van der Waals surface area contributed by atoms with Crippen LogP contribution >= 0.6 is 0 Å². The number of halogens is 2. The number of hydrogen-bond donors (Lipinski definition) is 1. The van der Waals surface area contributed by atoms with E-state index in [9.17, 15) is 26.8 Å². The Kier molecular flexibility index (Phi) is 5.50. The number of alkyl halides is 2. The number of aldehydes is 1. The molecule has 0 fully saturated rings. The number of hydrogen-bond acceptors (Lipinski definition) is 5. The second-order valence-electron chi connectivity index (χ2n) is 3.91. The largest absolute Gasteiger partial charge is 0.379 e. The lowest BCUT2D eigenvalue weighted by molar-refractivity contribution is -0.149. The van der Waals surface area contributed by atoms with Crippen molar-refractivity contribution in [3.05, 3.63) is 35.9 Å². The van der Waals surface area contributed by atoms with Crippen LogP contribution < -0.4 is 4.72 Å². The summed E-state index contributed by atoms with van der Waals surface area (Å²) < 4.78 is 55.8. The fourth-order valence-corrected chi connectivity index (χ4v) is 2.76. The molecular formula is C12H13F2NO5S. The van der Waals surface area contributed by atoms with E-state index in [2.05, 4.69) is 0 Å². The van der Waals surface area contributed by atoms with Gasteiger partial charge in [0.1, 0.15) is 0 Å². The molecule has 6 nitrogen and oxygen atoms in total. The van der Waals surface area contributed by atoms with Crippen LogP contribution in [0.1, 0.15) is 17.9 Å². The van der Waals surface area contributed by atoms with Gasteiger partial charge in [0.2, 0.25) is 5.44 Å². The minimum absolute atomic E-state index is 0.0290. The third-order valence-corrected chi connectivity index (χ3v) is 3.80. The van der Waals surface area contributed by atoms with E-state index in [0.717, 1.165) is 4.72 Å². The van der Waals surface area contributed by atoms with Crippen molar-refractivity contribution < 1.29 is 31.5 Å². The summed E-state index contributed by atoms with van der Waals surface area (Å²) in [5.41, 5.74) is -1.48. The van der Waals surface area contributed by atoms with Gasteiger partial charge in [0.25, 0.3) is 10.0 Å². The van der Waals surface area contributed by atoms with Crippen LogP contribution in [0.4, 0.5) is 8.78 Å². The van der Waals surface area contributed by atoms with Crippen molar-refractivity contribution in [3.63, 3.8) is 0 Å². The van der Waals surface area contributed by atoms with Crippen molar-refractivity contribution in [2.45, 2.75) is 18.3 Å². The molecule has 21 heavy (non-hydrogen) atoms. The Morgan fingerprint density at radius 3 is 2.43 bits per heavy atom. The minimum atomic E-state index is -4.59. The van der Waals surface area contributed by atoms with E-state index in [-0.39, 0.29) is 12.2 Å². The molecule has 1 unspecified atom stereocenters. The van der Waals surface area contributed by atoms with Crippen molar-refractivity contribution in [1.29, 1.82) is 0 Å². The summed E-state index contributed by atoms with van der Waals surface area (Å²) in [5.74, 6) is -6.65. The smallest absolute Gasteiger partial charge is 0.356 e. The van der Waals surface area contributed by atoms with Crippen LogP contribution in [-0.2, 0) is 24.3 Å². The Hall–Kier alpha value is -1.87. The molecule has 1 N–H and O–H groups in total. The second-order valence-corrected chi connectivity index (χ2v) is 5.64. The van der Waals surface area contributed by atoms with E-state index < -0.39 is 33.6 Å². The number of sulfonamides is 1. The lowest BCUT2D eigenvalue weighted by Gasteiger charge is -2.19. The summed E-state index contributed by atoms with van der Waals surface area (Å²) >= 11 is 0. The molecule has 0 aliphatic heterocycles. The van der Waals surface area contributed by atoms with E-state index in [0.29, 0.717) is 0 Å². The molecule has 0 aliphatic carbocycles. The van der Waals surface area contributed by atoms with Crippen LogP contribution in [0.2, 0.25) is 0 Å². The van der Waals surface area contributed by atoms with Gasteiger partial charge in [-0.05, 0) is 12.5 Å². The van der Waals surface area contributed by atoms with Crippen LogP contribution in [-0.4, -0.2) is 33.1 Å². The summed E-state index contributed by atoms with van der Waals surface area (Å²) in [6, 6.07) is 7.49. The second kappa shape index (κ2) is 6.72. The van der Waals surface area contributed by atoms with E-state index in [1.807, 2.05) is 0 Å². The standard InChI is InChI=1S/C12H13F2NO5S/c1-2-20-10(9-6-4-3-5-7-9)21(18,19)15-11(17)12(13,14)8-16/h3-8,10H,2H2,1H3,(H,15,17). The fraction of sp³-hybridized carbons (Fsp3) is 0.333. The number of ether oxygens (including phenoxy) is 1. The quantitative estimate of drug-likeness (QED) is 0.598. The summed E-state index contributed by atoms with van der Waals surface area (Å²) in [6.45, 7) is 1.48. The van der Waals surface area contributed by atoms with Crippen molar-refractivity contribution in [2.75, 3.05) is 6.61 Å². The van der Waals surface area contributed by atoms with Crippen molar-refractivity contribution in [1.82, 2.24) is 4.72 Å². The molecule has 1 amide bonds. The molecule has 0 radical (unpaired) electrons. The first-order valence-corrected chi connectivity index (χ1v) is 7.36. The minimum Gasteiger partial charge on any atom is -0.356 e. The molecule has 0 bridgehead atoms. The number of amides is 1. The van der Waals surface area contributed by atoms with Gasteiger partial charge in [-0.2, -0.15) is 8.78 Å². The molecule has 1 aromatic rings. The molecule has 1 atom stereocenters. The summed E-state index contributed by atoms with van der Waals surface area (Å²) in [6.07, 6.45) is -0.934. The Bertz CT molecular complexity index is 603. The Labute approximate surface area is 120 Å². The van der Waals surface area contributed by atoms with Gasteiger partial charge in [0, 0.05) is 6.61 Å². The van der Waals surface area contributed by atoms with Crippen molar-refractivity contribution in [2.24, 2.45) is 0 Å². The van der Waals surface area contributed by atoms with Crippen molar-refractivity contribution in [3.8, 4) is 0 Å². The van der Waals surface area contributed by atoms with Crippen LogP contribution in [0.3, 0.4) is 0 Å². The zero-order chi connectivity index (χ0) is 16.1. The maximum absolute atomic E-state index is 12.8. The van der Waals surface area contributed by atoms with Gasteiger partial charge in [-0.15, -0.1) is 0 Å². The Morgan fingerprint density at radius 1 is 1.38 bits per heavy atom. The molecule has 0 saturated heterocycles. The lowest BCUT2D eigenvalue weighted by Crippen LogP contribution is -2.45. The molecule has 1 rings (SSSR count). The SMILES string of the molecule is CCOC(c1ccccc1)S(=O)(=O)NC(=O)C(F)(F)C=O. The maximum Gasteiger partial charge on any atom is 0.379 e. The maximum atomic E-state index is 12.8. The van der Waals surface area contributed by atoms with Gasteiger partial charge in [-0.1, -0.05) is 30.3 Å². The predicted molar refractivity (Wildman–Crippen MR) is 68.9 cm³/mol. The van der Waals surface area contributed by atoms with Crippen LogP contribution in [0.15, 0.2) is 30.3 Å². The van der Waals surface area contributed by atoms with Crippen LogP contribution in [0.5, 0.6) is 0 Å². The number of nitrogens with one attached hydrogen (secondary N) is 1. The van der Waals surface area contributed by atoms with E-state index in [4.69, 9.17) is 4.74 Å². The van der Waals surface area contributed by atoms with E-state index >= 15 is 0 Å². The first kappa shape index (κ1) is 17.2. The average Bonchev–Trinajstić information content (AvgIpc) is 2.44. The van der Waals surface area contributed by atoms with Gasteiger partial charge in [-0.3, -0.25) is 9.59 Å². The highest BCUT2D eigenvalue weighted by Crippen LogP contribution is 2.23. The lowest BCUT2D eigenvalue weighted by atomic mass is 10.2. The molecule has 0 saturated carbocycles. The van der Waals surface area contributed by atoms with Gasteiger partial charge >= 0.3 is 11.8 Å². The van der Waals surface area contributed by atoms with Crippen LogP contribution in [0.25, 0.3) is 0 Å². The molecule has 116 valence electrons. The predicted octanol–water partition coefficient (Wildman–Crippen LogP) is 1.00. The molecule has 0 aromatic heterocycles. The van der Waals surface area contributed by atoms with Crippen LogP contribution in [0, 0.1) is 0 Å². The zero-order valence-electron chi connectivity index (χ0n) is 11.0. The first-order chi connectivity index (χ1) is 9.74. The summed E-state index contributed by atoms with van der Waals surface area (Å²) in [4.78, 5) is 21.2. The monoisotopic (exact) mass is 321 g/mol. The first-order valence-electron chi connectivity index (χ1n) is 5.81. The van der Waals surface area contributed by atoms with Gasteiger partial charge < -0.3 is 4.74 Å². The number of carbonyl (C=O) groups is 2. The highest BCUT2D eigenvalue weighted by molar-refractivity contribution is 7.90. The summed E-state index contributed by atoms with van der Waals surface area (Å²) in [5, 5.41) is 0. The molecule has 1 aromatic carbocycles. The summed E-state index contributed by atoms with van der Waals surface area (Å²) in [7, 11) is -4.59. The molecule has 0 aliphatic rings. The number of rotatable bonds is 7. The van der Waals surface area contributed by atoms with Gasteiger partial charge in [-0.25, -0.2) is 13.1 Å². The van der Waals surface area contributed by atoms with E-state index in [1.165, 1.54) is 31.2 Å². The zero-order valence-corrected chi connectivity index (χ0v) is 11.8. The highest BCUT2D eigenvalue weighted by atomic mass is 32.2. The third kappa shape index (κ3) is 4.30. The third-order valence-electron chi connectivity index (χ3n) is 2.36. The van der Waals surface area contributed by atoms with Gasteiger partial charge in [0.15, 0.2) is 6.29 Å². The van der Waals surface area contributed by atoms with E-state index in [1.54, 1.807) is 6.07 Å². The Balaban J connectivity index is 3.07. The normalized spacial score (nSPS) is 13.5. The molecule has 0 spiro atoms. The highest BCUT2D eigenvalue weighted by Gasteiger charge is 2.42. The molecular weight excluding hydrogens is 308 g/mol. The average molecular weight is 321 g/mol. The van der Waals surface area contributed by atoms with Crippen molar-refractivity contribution >= 4 is 22.2 Å².